The van der Waals surface area contributed by atoms with Crippen LogP contribution in [0.5, 0.6) is 5.75 Å². The zero-order valence-corrected chi connectivity index (χ0v) is 10.9. The third-order valence-corrected chi connectivity index (χ3v) is 2.33. The number of nitrogens with zero attached hydrogens (tertiary/aromatic N) is 1. The van der Waals surface area contributed by atoms with Crippen LogP contribution in [0.2, 0.25) is 0 Å². The standard InChI is InChI=1S/C12H13NO7/c1-3-19-12(16)7(2)20-10-5-4-8(13(17)18)6-9(10)11(14)15/h4-7H,3H2,1-2H3,(H,14,15). The van der Waals surface area contributed by atoms with Crippen molar-refractivity contribution in [2.45, 2.75) is 20.0 Å². The molecule has 1 N–H and O–H groups in total. The van der Waals surface area contributed by atoms with Gasteiger partial charge in [-0.1, -0.05) is 0 Å². The minimum absolute atomic E-state index is 0.136. The molecule has 0 spiro atoms. The number of rotatable bonds is 6. The van der Waals surface area contributed by atoms with Crippen LogP contribution in [0.3, 0.4) is 0 Å². The Hall–Kier alpha value is -2.64. The number of nitro benzene ring substituents is 1. The summed E-state index contributed by atoms with van der Waals surface area (Å²) in [6.07, 6.45) is -1.02. The van der Waals surface area contributed by atoms with Crippen LogP contribution in [0.4, 0.5) is 5.69 Å². The van der Waals surface area contributed by atoms with Crippen LogP contribution < -0.4 is 4.74 Å². The Morgan fingerprint density at radius 2 is 2.10 bits per heavy atom. The summed E-state index contributed by atoms with van der Waals surface area (Å²) >= 11 is 0. The van der Waals surface area contributed by atoms with Crippen LogP contribution >= 0.6 is 0 Å². The average molecular weight is 283 g/mol. The van der Waals surface area contributed by atoms with Crippen molar-refractivity contribution in [1.82, 2.24) is 0 Å². The van der Waals surface area contributed by atoms with Crippen molar-refractivity contribution >= 4 is 17.6 Å². The third-order valence-electron chi connectivity index (χ3n) is 2.33. The number of ether oxygens (including phenoxy) is 2. The van der Waals surface area contributed by atoms with Gasteiger partial charge in [-0.3, -0.25) is 10.1 Å². The fraction of sp³-hybridized carbons (Fsp3) is 0.333. The zero-order valence-electron chi connectivity index (χ0n) is 10.9. The molecule has 1 aromatic carbocycles. The van der Waals surface area contributed by atoms with Crippen molar-refractivity contribution < 1.29 is 29.1 Å². The number of carbonyl (C=O) groups is 2. The Morgan fingerprint density at radius 1 is 1.45 bits per heavy atom. The molecule has 0 fully saturated rings. The van der Waals surface area contributed by atoms with E-state index < -0.39 is 28.5 Å². The molecule has 108 valence electrons. The Morgan fingerprint density at radius 3 is 2.60 bits per heavy atom. The molecular weight excluding hydrogens is 270 g/mol. The molecule has 0 amide bonds. The van der Waals surface area contributed by atoms with Gasteiger partial charge >= 0.3 is 11.9 Å². The maximum atomic E-state index is 11.4. The number of carboxylic acids is 1. The molecule has 1 aromatic rings. The number of carboxylic acid groups (broad SMARTS) is 1. The number of benzene rings is 1. The Balaban J connectivity index is 3.03. The van der Waals surface area contributed by atoms with Crippen LogP contribution in [0.1, 0.15) is 24.2 Å². The van der Waals surface area contributed by atoms with Crippen LogP contribution in [0.25, 0.3) is 0 Å². The van der Waals surface area contributed by atoms with Gasteiger partial charge < -0.3 is 14.6 Å². The Bertz CT molecular complexity index is 541. The van der Waals surface area contributed by atoms with E-state index in [1.165, 1.54) is 6.92 Å². The lowest BCUT2D eigenvalue weighted by Gasteiger charge is -2.14. The summed E-state index contributed by atoms with van der Waals surface area (Å²) < 4.78 is 9.90. The summed E-state index contributed by atoms with van der Waals surface area (Å²) in [5, 5.41) is 19.6. The molecule has 1 atom stereocenters. The van der Waals surface area contributed by atoms with Gasteiger partial charge in [-0.25, -0.2) is 9.59 Å². The summed E-state index contributed by atoms with van der Waals surface area (Å²) in [5.74, 6) is -2.18. The van der Waals surface area contributed by atoms with Gasteiger partial charge in [-0.05, 0) is 19.9 Å². The maximum Gasteiger partial charge on any atom is 0.347 e. The number of aromatic carboxylic acids is 1. The molecule has 0 aromatic heterocycles. The highest BCUT2D eigenvalue weighted by Gasteiger charge is 2.22. The molecule has 8 nitrogen and oxygen atoms in total. The molecule has 20 heavy (non-hydrogen) atoms. The van der Waals surface area contributed by atoms with E-state index in [0.29, 0.717) is 0 Å². The van der Waals surface area contributed by atoms with Gasteiger partial charge in [-0.15, -0.1) is 0 Å². The molecule has 8 heteroatoms. The second-order valence-electron chi connectivity index (χ2n) is 3.75. The summed E-state index contributed by atoms with van der Waals surface area (Å²) in [5.41, 5.74) is -0.770. The Labute approximate surface area is 114 Å². The van der Waals surface area contributed by atoms with E-state index in [4.69, 9.17) is 14.6 Å². The molecule has 0 saturated carbocycles. The SMILES string of the molecule is CCOC(=O)C(C)Oc1ccc([N+](=O)[O-])cc1C(=O)O. The van der Waals surface area contributed by atoms with Crippen LogP contribution in [0, 0.1) is 10.1 Å². The largest absolute Gasteiger partial charge is 0.478 e. The molecule has 0 saturated heterocycles. The lowest BCUT2D eigenvalue weighted by atomic mass is 10.2. The monoisotopic (exact) mass is 283 g/mol. The predicted molar refractivity (Wildman–Crippen MR) is 66.8 cm³/mol. The number of non-ortho nitro benzene ring substituents is 1. The first-order valence-corrected chi connectivity index (χ1v) is 5.71. The first-order chi connectivity index (χ1) is 9.36. The summed E-state index contributed by atoms with van der Waals surface area (Å²) in [6.45, 7) is 3.18. The number of esters is 1. The molecular formula is C12H13NO7. The van der Waals surface area contributed by atoms with E-state index in [0.717, 1.165) is 18.2 Å². The molecule has 0 aliphatic rings. The fourth-order valence-corrected chi connectivity index (χ4v) is 1.40. The average Bonchev–Trinajstić information content (AvgIpc) is 2.38. The number of nitro groups is 1. The van der Waals surface area contributed by atoms with Gasteiger partial charge in [0, 0.05) is 12.1 Å². The molecule has 0 heterocycles. The summed E-state index contributed by atoms with van der Waals surface area (Å²) in [7, 11) is 0. The molecule has 1 unspecified atom stereocenters. The fourth-order valence-electron chi connectivity index (χ4n) is 1.40. The molecule has 0 radical (unpaired) electrons. The van der Waals surface area contributed by atoms with Crippen molar-refractivity contribution in [2.24, 2.45) is 0 Å². The third kappa shape index (κ3) is 3.67. The van der Waals surface area contributed by atoms with Gasteiger partial charge in [0.05, 0.1) is 11.5 Å². The van der Waals surface area contributed by atoms with Gasteiger partial charge in [-0.2, -0.15) is 0 Å². The number of hydrogen-bond donors (Lipinski definition) is 1. The van der Waals surface area contributed by atoms with E-state index in [1.54, 1.807) is 6.92 Å². The zero-order chi connectivity index (χ0) is 15.3. The minimum Gasteiger partial charge on any atom is -0.478 e. The second kappa shape index (κ2) is 6.50. The van der Waals surface area contributed by atoms with Gasteiger partial charge in [0.2, 0.25) is 0 Å². The van der Waals surface area contributed by atoms with Gasteiger partial charge in [0.15, 0.2) is 6.10 Å². The number of hydrogen-bond acceptors (Lipinski definition) is 6. The topological polar surface area (TPSA) is 116 Å². The van der Waals surface area contributed by atoms with Gasteiger partial charge in [0.1, 0.15) is 11.3 Å². The molecule has 0 aliphatic carbocycles. The van der Waals surface area contributed by atoms with Crippen molar-refractivity contribution in [2.75, 3.05) is 6.61 Å². The quantitative estimate of drug-likeness (QED) is 0.479. The van der Waals surface area contributed by atoms with Crippen molar-refractivity contribution in [3.63, 3.8) is 0 Å². The number of carbonyl (C=O) groups excluding carboxylic acids is 1. The van der Waals surface area contributed by atoms with E-state index in [1.807, 2.05) is 0 Å². The summed E-state index contributed by atoms with van der Waals surface area (Å²) in [4.78, 5) is 32.3. The maximum absolute atomic E-state index is 11.4. The smallest absolute Gasteiger partial charge is 0.347 e. The summed E-state index contributed by atoms with van der Waals surface area (Å²) in [6, 6.07) is 3.10. The highest BCUT2D eigenvalue weighted by Crippen LogP contribution is 2.25. The lowest BCUT2D eigenvalue weighted by molar-refractivity contribution is -0.384. The van der Waals surface area contributed by atoms with Gasteiger partial charge in [0.25, 0.3) is 5.69 Å². The normalized spacial score (nSPS) is 11.5. The molecule has 1 rings (SSSR count). The highest BCUT2D eigenvalue weighted by molar-refractivity contribution is 5.92. The minimum atomic E-state index is -1.39. The second-order valence-corrected chi connectivity index (χ2v) is 3.75. The van der Waals surface area contributed by atoms with Crippen LogP contribution in [-0.4, -0.2) is 34.7 Å². The van der Waals surface area contributed by atoms with Crippen molar-refractivity contribution in [1.29, 1.82) is 0 Å². The predicted octanol–water partition coefficient (Wildman–Crippen LogP) is 1.62. The van der Waals surface area contributed by atoms with Crippen LogP contribution in [0.15, 0.2) is 18.2 Å². The first-order valence-electron chi connectivity index (χ1n) is 5.71. The van der Waals surface area contributed by atoms with E-state index >= 15 is 0 Å². The van der Waals surface area contributed by atoms with Crippen LogP contribution in [-0.2, 0) is 9.53 Å². The highest BCUT2D eigenvalue weighted by atomic mass is 16.6. The van der Waals surface area contributed by atoms with E-state index in [-0.39, 0.29) is 18.0 Å². The molecule has 0 aliphatic heterocycles. The lowest BCUT2D eigenvalue weighted by Crippen LogP contribution is -2.26. The van der Waals surface area contributed by atoms with E-state index in [2.05, 4.69) is 0 Å². The van der Waals surface area contributed by atoms with E-state index in [9.17, 15) is 19.7 Å². The first kappa shape index (κ1) is 15.4. The van der Waals surface area contributed by atoms with Crippen molar-refractivity contribution in [3.8, 4) is 5.75 Å². The van der Waals surface area contributed by atoms with Crippen molar-refractivity contribution in [3.05, 3.63) is 33.9 Å². The Kier molecular flexibility index (Phi) is 5.01. The molecule has 0 bridgehead atoms.